The fourth-order valence-corrected chi connectivity index (χ4v) is 2.13. The van der Waals surface area contributed by atoms with Crippen LogP contribution in [0.2, 0.25) is 0 Å². The van der Waals surface area contributed by atoms with Gasteiger partial charge in [-0.25, -0.2) is 0 Å². The molecule has 18 heavy (non-hydrogen) atoms. The Hall–Kier alpha value is -0.570. The maximum absolute atomic E-state index is 12.4. The average molecular weight is 252 g/mol. The van der Waals surface area contributed by atoms with E-state index in [-0.39, 0.29) is 17.4 Å². The van der Waals surface area contributed by atoms with Gasteiger partial charge < -0.3 is 10.6 Å². The molecule has 0 aromatic rings. The summed E-state index contributed by atoms with van der Waals surface area (Å²) in [5, 5.41) is 0. The molecule has 104 valence electrons. The molecule has 2 fully saturated rings. The number of rotatable bonds is 6. The van der Waals surface area contributed by atoms with Crippen LogP contribution in [0, 0.1) is 17.3 Å². The lowest BCUT2D eigenvalue weighted by atomic mass is 9.85. The summed E-state index contributed by atoms with van der Waals surface area (Å²) in [5.41, 5.74) is 6.15. The molecule has 0 aliphatic heterocycles. The summed E-state index contributed by atoms with van der Waals surface area (Å²) in [5.74, 6) is 1.83. The monoisotopic (exact) mass is 252 g/mol. The van der Waals surface area contributed by atoms with E-state index in [1.807, 2.05) is 0 Å². The molecule has 0 saturated heterocycles. The van der Waals surface area contributed by atoms with E-state index in [1.54, 1.807) is 0 Å². The quantitative estimate of drug-likeness (QED) is 0.789. The molecule has 0 bridgehead atoms. The van der Waals surface area contributed by atoms with Gasteiger partial charge in [-0.15, -0.1) is 0 Å². The van der Waals surface area contributed by atoms with E-state index < -0.39 is 0 Å². The number of amides is 1. The second kappa shape index (κ2) is 5.20. The second-order valence-electron chi connectivity index (χ2n) is 7.36. The Balaban J connectivity index is 1.85. The first kappa shape index (κ1) is 13.9. The van der Waals surface area contributed by atoms with Gasteiger partial charge in [0.25, 0.3) is 0 Å². The highest BCUT2D eigenvalue weighted by molar-refractivity contribution is 5.77. The molecule has 2 saturated carbocycles. The number of hydrogen-bond donors (Lipinski definition) is 1. The van der Waals surface area contributed by atoms with Crippen LogP contribution in [0.5, 0.6) is 0 Å². The third kappa shape index (κ3) is 4.27. The third-order valence-corrected chi connectivity index (χ3v) is 4.21. The van der Waals surface area contributed by atoms with Crippen molar-refractivity contribution in [1.29, 1.82) is 0 Å². The lowest BCUT2D eigenvalue weighted by Crippen LogP contribution is -2.43. The van der Waals surface area contributed by atoms with Gasteiger partial charge in [-0.05, 0) is 42.9 Å². The standard InChI is InChI=1S/C15H28N2O/c1-15(2,3)13(16)8-14(18)17(9-11-4-5-11)10-12-6-7-12/h11-13H,4-10,16H2,1-3H3. The minimum atomic E-state index is -0.0362. The van der Waals surface area contributed by atoms with Crippen LogP contribution < -0.4 is 5.73 Å². The van der Waals surface area contributed by atoms with E-state index >= 15 is 0 Å². The van der Waals surface area contributed by atoms with E-state index in [0.717, 1.165) is 24.9 Å². The van der Waals surface area contributed by atoms with Crippen molar-refractivity contribution in [2.24, 2.45) is 23.0 Å². The molecule has 1 amide bonds. The van der Waals surface area contributed by atoms with Crippen molar-refractivity contribution >= 4 is 5.91 Å². The predicted molar refractivity (Wildman–Crippen MR) is 74.1 cm³/mol. The first-order chi connectivity index (χ1) is 8.36. The van der Waals surface area contributed by atoms with E-state index in [9.17, 15) is 4.79 Å². The minimum absolute atomic E-state index is 0.0144. The Morgan fingerprint density at radius 2 is 1.61 bits per heavy atom. The van der Waals surface area contributed by atoms with Crippen LogP contribution in [-0.4, -0.2) is 29.9 Å². The van der Waals surface area contributed by atoms with Crippen LogP contribution in [0.15, 0.2) is 0 Å². The van der Waals surface area contributed by atoms with Gasteiger partial charge in [0.2, 0.25) is 5.91 Å². The van der Waals surface area contributed by atoms with E-state index in [4.69, 9.17) is 5.73 Å². The van der Waals surface area contributed by atoms with Crippen molar-refractivity contribution in [3.8, 4) is 0 Å². The van der Waals surface area contributed by atoms with Gasteiger partial charge in [0.05, 0.1) is 0 Å². The van der Waals surface area contributed by atoms with Crippen molar-refractivity contribution in [1.82, 2.24) is 4.90 Å². The van der Waals surface area contributed by atoms with Gasteiger partial charge in [0, 0.05) is 25.6 Å². The van der Waals surface area contributed by atoms with Gasteiger partial charge in [-0.2, -0.15) is 0 Å². The molecule has 2 aliphatic rings. The Morgan fingerprint density at radius 1 is 1.17 bits per heavy atom. The maximum Gasteiger partial charge on any atom is 0.224 e. The fourth-order valence-electron chi connectivity index (χ4n) is 2.13. The smallest absolute Gasteiger partial charge is 0.224 e. The fraction of sp³-hybridized carbons (Fsp3) is 0.933. The average Bonchev–Trinajstić information content (AvgIpc) is 3.09. The first-order valence-corrected chi connectivity index (χ1v) is 7.39. The topological polar surface area (TPSA) is 46.3 Å². The molecular formula is C15H28N2O. The van der Waals surface area contributed by atoms with Gasteiger partial charge in [-0.1, -0.05) is 20.8 Å². The molecule has 0 aromatic carbocycles. The molecule has 0 radical (unpaired) electrons. The zero-order chi connectivity index (χ0) is 13.3. The lowest BCUT2D eigenvalue weighted by molar-refractivity contribution is -0.132. The molecule has 2 N–H and O–H groups in total. The van der Waals surface area contributed by atoms with E-state index in [0.29, 0.717) is 6.42 Å². The normalized spacial score (nSPS) is 21.8. The highest BCUT2D eigenvalue weighted by Gasteiger charge is 2.33. The highest BCUT2D eigenvalue weighted by atomic mass is 16.2. The number of nitrogens with zero attached hydrogens (tertiary/aromatic N) is 1. The Kier molecular flexibility index (Phi) is 4.00. The van der Waals surface area contributed by atoms with Crippen LogP contribution in [0.3, 0.4) is 0 Å². The molecule has 0 spiro atoms. The molecular weight excluding hydrogens is 224 g/mol. The summed E-state index contributed by atoms with van der Waals surface area (Å²) in [7, 11) is 0. The number of carbonyl (C=O) groups is 1. The molecule has 1 unspecified atom stereocenters. The van der Waals surface area contributed by atoms with Crippen LogP contribution in [0.1, 0.15) is 52.9 Å². The first-order valence-electron chi connectivity index (χ1n) is 7.39. The molecule has 3 nitrogen and oxygen atoms in total. The highest BCUT2D eigenvalue weighted by Crippen LogP contribution is 2.34. The van der Waals surface area contributed by atoms with E-state index in [1.165, 1.54) is 25.7 Å². The molecule has 2 aliphatic carbocycles. The maximum atomic E-state index is 12.4. The van der Waals surface area contributed by atoms with Crippen molar-refractivity contribution < 1.29 is 4.79 Å². The molecule has 3 heteroatoms. The molecule has 1 atom stereocenters. The summed E-state index contributed by atoms with van der Waals surface area (Å²) < 4.78 is 0. The third-order valence-electron chi connectivity index (χ3n) is 4.21. The van der Waals surface area contributed by atoms with Gasteiger partial charge in [-0.3, -0.25) is 4.79 Å². The Bertz CT molecular complexity index is 286. The second-order valence-corrected chi connectivity index (χ2v) is 7.36. The van der Waals surface area contributed by atoms with Crippen LogP contribution in [0.4, 0.5) is 0 Å². The summed E-state index contributed by atoms with van der Waals surface area (Å²) in [4.78, 5) is 14.5. The summed E-state index contributed by atoms with van der Waals surface area (Å²) in [6, 6.07) is -0.0362. The predicted octanol–water partition coefficient (Wildman–Crippen LogP) is 2.40. The molecule has 0 aromatic heterocycles. The lowest BCUT2D eigenvalue weighted by Gasteiger charge is -2.30. The minimum Gasteiger partial charge on any atom is -0.342 e. The molecule has 2 rings (SSSR count). The zero-order valence-electron chi connectivity index (χ0n) is 12.1. The van der Waals surface area contributed by atoms with Gasteiger partial charge in [0.15, 0.2) is 0 Å². The van der Waals surface area contributed by atoms with Crippen LogP contribution in [-0.2, 0) is 4.79 Å². The van der Waals surface area contributed by atoms with Gasteiger partial charge in [0.1, 0.15) is 0 Å². The number of hydrogen-bond acceptors (Lipinski definition) is 2. The van der Waals surface area contributed by atoms with Crippen LogP contribution in [0.25, 0.3) is 0 Å². The van der Waals surface area contributed by atoms with Crippen molar-refractivity contribution in [2.75, 3.05) is 13.1 Å². The van der Waals surface area contributed by atoms with Crippen molar-refractivity contribution in [3.63, 3.8) is 0 Å². The largest absolute Gasteiger partial charge is 0.342 e. The number of nitrogens with two attached hydrogens (primary N) is 1. The van der Waals surface area contributed by atoms with Gasteiger partial charge >= 0.3 is 0 Å². The van der Waals surface area contributed by atoms with Crippen molar-refractivity contribution in [3.05, 3.63) is 0 Å². The van der Waals surface area contributed by atoms with E-state index in [2.05, 4.69) is 25.7 Å². The van der Waals surface area contributed by atoms with Crippen molar-refractivity contribution in [2.45, 2.75) is 58.9 Å². The summed E-state index contributed by atoms with van der Waals surface area (Å²) in [6.45, 7) is 8.28. The number of carbonyl (C=O) groups excluding carboxylic acids is 1. The molecule has 0 heterocycles. The van der Waals surface area contributed by atoms with Crippen LogP contribution >= 0.6 is 0 Å². The summed E-state index contributed by atoms with van der Waals surface area (Å²) >= 11 is 0. The SMILES string of the molecule is CC(C)(C)C(N)CC(=O)N(CC1CC1)CC1CC1. The summed E-state index contributed by atoms with van der Waals surface area (Å²) in [6.07, 6.45) is 5.72. The Morgan fingerprint density at radius 3 is 1.94 bits per heavy atom. The Labute approximate surface area is 111 Å². The zero-order valence-corrected chi connectivity index (χ0v) is 12.1.